The third-order valence-corrected chi connectivity index (χ3v) is 3.23. The van der Waals surface area contributed by atoms with Crippen molar-refractivity contribution in [2.45, 2.75) is 6.54 Å². The lowest BCUT2D eigenvalue weighted by Crippen LogP contribution is -2.37. The maximum atomic E-state index is 12.9. The van der Waals surface area contributed by atoms with Gasteiger partial charge in [0.2, 0.25) is 11.9 Å². The smallest absolute Gasteiger partial charge is 0.246 e. The second-order valence-corrected chi connectivity index (χ2v) is 4.65. The molecule has 3 rings (SSSR count). The lowest BCUT2D eigenvalue weighted by molar-refractivity contribution is 0.122. The van der Waals surface area contributed by atoms with Crippen molar-refractivity contribution in [2.75, 3.05) is 36.9 Å². The van der Waals surface area contributed by atoms with Crippen LogP contribution in [0.1, 0.15) is 5.56 Å². The number of rotatable bonds is 3. The maximum absolute atomic E-state index is 12.9. The van der Waals surface area contributed by atoms with Gasteiger partial charge in [0.15, 0.2) is 0 Å². The van der Waals surface area contributed by atoms with Gasteiger partial charge in [-0.15, -0.1) is 5.10 Å². The molecule has 2 heterocycles. The number of ether oxygens (including phenoxy) is 1. The summed E-state index contributed by atoms with van der Waals surface area (Å²) in [5, 5.41) is 4.41. The molecule has 1 aromatic heterocycles. The van der Waals surface area contributed by atoms with Crippen molar-refractivity contribution in [3.8, 4) is 0 Å². The Labute approximate surface area is 116 Å². The van der Waals surface area contributed by atoms with E-state index in [1.54, 1.807) is 16.8 Å². The number of morpholine rings is 1. The summed E-state index contributed by atoms with van der Waals surface area (Å²) in [5.74, 6) is 0.720. The highest BCUT2D eigenvalue weighted by atomic mass is 19.1. The zero-order chi connectivity index (χ0) is 13.9. The van der Waals surface area contributed by atoms with Gasteiger partial charge in [0, 0.05) is 13.1 Å². The third-order valence-electron chi connectivity index (χ3n) is 3.23. The molecule has 1 saturated heterocycles. The molecular formula is C13H16FN5O. The molecule has 1 aliphatic heterocycles. The van der Waals surface area contributed by atoms with E-state index in [0.29, 0.717) is 31.7 Å². The molecule has 1 aromatic carbocycles. The quantitative estimate of drug-likeness (QED) is 0.902. The van der Waals surface area contributed by atoms with E-state index in [2.05, 4.69) is 10.1 Å². The zero-order valence-corrected chi connectivity index (χ0v) is 11.0. The van der Waals surface area contributed by atoms with E-state index in [1.165, 1.54) is 12.1 Å². The van der Waals surface area contributed by atoms with Gasteiger partial charge < -0.3 is 15.4 Å². The van der Waals surface area contributed by atoms with Gasteiger partial charge in [-0.2, -0.15) is 4.98 Å². The van der Waals surface area contributed by atoms with Crippen molar-refractivity contribution in [2.24, 2.45) is 0 Å². The van der Waals surface area contributed by atoms with Crippen LogP contribution >= 0.6 is 0 Å². The third kappa shape index (κ3) is 2.72. The van der Waals surface area contributed by atoms with E-state index in [0.717, 1.165) is 18.7 Å². The standard InChI is InChI=1S/C13H16FN5O/c14-11-3-1-10(2-4-11)9-19-12(15)16-13(17-19)18-5-7-20-8-6-18/h1-4H,5-9H2,(H2,15,16,17). The lowest BCUT2D eigenvalue weighted by atomic mass is 10.2. The Morgan fingerprint density at radius 3 is 2.60 bits per heavy atom. The Bertz CT molecular complexity index is 577. The molecule has 6 nitrogen and oxygen atoms in total. The van der Waals surface area contributed by atoms with Gasteiger partial charge in [0.05, 0.1) is 19.8 Å². The number of aromatic nitrogens is 3. The van der Waals surface area contributed by atoms with Crippen LogP contribution in [0, 0.1) is 5.82 Å². The highest BCUT2D eigenvalue weighted by Crippen LogP contribution is 2.14. The monoisotopic (exact) mass is 277 g/mol. The number of hydrogen-bond donors (Lipinski definition) is 1. The molecule has 0 aliphatic carbocycles. The van der Waals surface area contributed by atoms with E-state index >= 15 is 0 Å². The van der Waals surface area contributed by atoms with Crippen molar-refractivity contribution in [1.29, 1.82) is 0 Å². The summed E-state index contributed by atoms with van der Waals surface area (Å²) in [4.78, 5) is 6.32. The summed E-state index contributed by atoms with van der Waals surface area (Å²) in [6, 6.07) is 6.27. The Hall–Kier alpha value is -2.15. The molecule has 106 valence electrons. The Morgan fingerprint density at radius 2 is 1.90 bits per heavy atom. The fourth-order valence-electron chi connectivity index (χ4n) is 2.12. The first kappa shape index (κ1) is 12.9. The summed E-state index contributed by atoms with van der Waals surface area (Å²) >= 11 is 0. The first-order valence-electron chi connectivity index (χ1n) is 6.50. The second-order valence-electron chi connectivity index (χ2n) is 4.65. The zero-order valence-electron chi connectivity index (χ0n) is 11.0. The highest BCUT2D eigenvalue weighted by Gasteiger charge is 2.17. The minimum Gasteiger partial charge on any atom is -0.378 e. The van der Waals surface area contributed by atoms with Crippen LogP contribution in [0.25, 0.3) is 0 Å². The molecule has 7 heteroatoms. The summed E-state index contributed by atoms with van der Waals surface area (Å²) < 4.78 is 19.8. The van der Waals surface area contributed by atoms with Gasteiger partial charge in [-0.25, -0.2) is 9.07 Å². The predicted molar refractivity (Wildman–Crippen MR) is 73.0 cm³/mol. The second kappa shape index (κ2) is 5.46. The van der Waals surface area contributed by atoms with Gasteiger partial charge in [-0.05, 0) is 17.7 Å². The molecule has 1 fully saturated rings. The van der Waals surface area contributed by atoms with E-state index in [4.69, 9.17) is 10.5 Å². The van der Waals surface area contributed by atoms with Gasteiger partial charge in [0.1, 0.15) is 5.82 Å². The average Bonchev–Trinajstić information content (AvgIpc) is 2.84. The first-order valence-corrected chi connectivity index (χ1v) is 6.50. The van der Waals surface area contributed by atoms with Gasteiger partial charge in [-0.1, -0.05) is 12.1 Å². The number of nitrogens with two attached hydrogens (primary N) is 1. The van der Waals surface area contributed by atoms with Crippen molar-refractivity contribution < 1.29 is 9.13 Å². The molecule has 2 N–H and O–H groups in total. The topological polar surface area (TPSA) is 69.2 Å². The van der Waals surface area contributed by atoms with Crippen molar-refractivity contribution >= 4 is 11.9 Å². The summed E-state index contributed by atoms with van der Waals surface area (Å²) in [5.41, 5.74) is 6.81. The van der Waals surface area contributed by atoms with Crippen molar-refractivity contribution in [3.05, 3.63) is 35.6 Å². The molecule has 1 aliphatic rings. The van der Waals surface area contributed by atoms with Gasteiger partial charge in [0.25, 0.3) is 0 Å². The molecule has 0 atom stereocenters. The Kier molecular flexibility index (Phi) is 3.51. The van der Waals surface area contributed by atoms with Crippen LogP contribution in [-0.4, -0.2) is 41.1 Å². The maximum Gasteiger partial charge on any atom is 0.246 e. The summed E-state index contributed by atoms with van der Waals surface area (Å²) in [7, 11) is 0. The SMILES string of the molecule is Nc1nc(N2CCOCC2)nn1Cc1ccc(F)cc1. The van der Waals surface area contributed by atoms with Crippen LogP contribution in [-0.2, 0) is 11.3 Å². The van der Waals surface area contributed by atoms with Crippen LogP contribution in [0.2, 0.25) is 0 Å². The number of nitrogen functional groups attached to an aromatic ring is 1. The fourth-order valence-corrected chi connectivity index (χ4v) is 2.12. The number of anilines is 2. The number of nitrogens with zero attached hydrogens (tertiary/aromatic N) is 4. The van der Waals surface area contributed by atoms with E-state index < -0.39 is 0 Å². The number of halogens is 1. The molecule has 0 radical (unpaired) electrons. The molecule has 0 saturated carbocycles. The summed E-state index contributed by atoms with van der Waals surface area (Å²) in [6.07, 6.45) is 0. The Morgan fingerprint density at radius 1 is 1.20 bits per heavy atom. The average molecular weight is 277 g/mol. The molecule has 0 spiro atoms. The van der Waals surface area contributed by atoms with Crippen LogP contribution in [0.5, 0.6) is 0 Å². The first-order chi connectivity index (χ1) is 9.72. The summed E-state index contributed by atoms with van der Waals surface area (Å²) in [6.45, 7) is 3.35. The number of benzene rings is 1. The molecule has 0 bridgehead atoms. The lowest BCUT2D eigenvalue weighted by Gasteiger charge is -2.25. The molecular weight excluding hydrogens is 261 g/mol. The molecule has 20 heavy (non-hydrogen) atoms. The normalized spacial score (nSPS) is 15.6. The van der Waals surface area contributed by atoms with E-state index in [9.17, 15) is 4.39 Å². The highest BCUT2D eigenvalue weighted by molar-refractivity contribution is 5.36. The molecule has 0 unspecified atom stereocenters. The molecule has 2 aromatic rings. The minimum absolute atomic E-state index is 0.255. The molecule has 0 amide bonds. The van der Waals surface area contributed by atoms with E-state index in [-0.39, 0.29) is 5.82 Å². The van der Waals surface area contributed by atoms with E-state index in [1.807, 2.05) is 4.90 Å². The largest absolute Gasteiger partial charge is 0.378 e. The van der Waals surface area contributed by atoms with Crippen LogP contribution < -0.4 is 10.6 Å². The van der Waals surface area contributed by atoms with Crippen LogP contribution in [0.15, 0.2) is 24.3 Å². The van der Waals surface area contributed by atoms with Crippen molar-refractivity contribution in [1.82, 2.24) is 14.8 Å². The minimum atomic E-state index is -0.255. The fraction of sp³-hybridized carbons (Fsp3) is 0.385. The predicted octanol–water partition coefficient (Wildman–Crippen LogP) is 0.884. The number of hydrogen-bond acceptors (Lipinski definition) is 5. The Balaban J connectivity index is 1.76. The van der Waals surface area contributed by atoms with Gasteiger partial charge >= 0.3 is 0 Å². The van der Waals surface area contributed by atoms with Crippen LogP contribution in [0.3, 0.4) is 0 Å². The van der Waals surface area contributed by atoms with Gasteiger partial charge in [-0.3, -0.25) is 0 Å². The van der Waals surface area contributed by atoms with Crippen LogP contribution in [0.4, 0.5) is 16.3 Å². The van der Waals surface area contributed by atoms with Crippen molar-refractivity contribution in [3.63, 3.8) is 0 Å².